The van der Waals surface area contributed by atoms with E-state index in [2.05, 4.69) is 5.10 Å². The summed E-state index contributed by atoms with van der Waals surface area (Å²) in [5.41, 5.74) is 0.892. The predicted molar refractivity (Wildman–Crippen MR) is 66.6 cm³/mol. The molecule has 0 unspecified atom stereocenters. The molecule has 0 aromatic carbocycles. The van der Waals surface area contributed by atoms with Gasteiger partial charge in [0.2, 0.25) is 0 Å². The SMILES string of the molecule is CCn1nc(C)c(Cl)c1CN(CC(=O)O)CC(F)(F)F. The molecule has 0 spiro atoms. The van der Waals surface area contributed by atoms with Gasteiger partial charge < -0.3 is 5.11 Å². The van der Waals surface area contributed by atoms with Crippen LogP contribution in [0.4, 0.5) is 13.2 Å². The molecule has 5 nitrogen and oxygen atoms in total. The van der Waals surface area contributed by atoms with Crippen LogP contribution in [0.3, 0.4) is 0 Å². The van der Waals surface area contributed by atoms with E-state index >= 15 is 0 Å². The van der Waals surface area contributed by atoms with Crippen molar-refractivity contribution in [2.24, 2.45) is 0 Å². The zero-order valence-electron chi connectivity index (χ0n) is 11.0. The van der Waals surface area contributed by atoms with E-state index in [-0.39, 0.29) is 11.6 Å². The number of carboxylic acid groups (broad SMARTS) is 1. The third-order valence-electron chi connectivity index (χ3n) is 2.59. The minimum atomic E-state index is -4.48. The molecule has 0 saturated heterocycles. The first-order valence-corrected chi connectivity index (χ1v) is 6.24. The van der Waals surface area contributed by atoms with Crippen LogP contribution in [0.5, 0.6) is 0 Å². The number of alkyl halides is 3. The smallest absolute Gasteiger partial charge is 0.401 e. The lowest BCUT2D eigenvalue weighted by molar-refractivity contribution is -0.155. The lowest BCUT2D eigenvalue weighted by Gasteiger charge is -2.22. The number of carbonyl (C=O) groups is 1. The Labute approximate surface area is 118 Å². The predicted octanol–water partition coefficient (Wildman–Crippen LogP) is 2.31. The number of rotatable bonds is 6. The first kappa shape index (κ1) is 16.8. The molecule has 0 amide bonds. The van der Waals surface area contributed by atoms with Gasteiger partial charge in [0, 0.05) is 13.1 Å². The van der Waals surface area contributed by atoms with Crippen LogP contribution < -0.4 is 0 Å². The molecule has 0 atom stereocenters. The summed E-state index contributed by atoms with van der Waals surface area (Å²) < 4.78 is 38.8. The van der Waals surface area contributed by atoms with Crippen LogP contribution in [0.15, 0.2) is 0 Å². The van der Waals surface area contributed by atoms with Crippen LogP contribution in [0.1, 0.15) is 18.3 Å². The Balaban J connectivity index is 2.97. The average Bonchev–Trinajstić information content (AvgIpc) is 2.53. The summed E-state index contributed by atoms with van der Waals surface area (Å²) in [4.78, 5) is 11.4. The van der Waals surface area contributed by atoms with Crippen molar-refractivity contribution in [2.75, 3.05) is 13.1 Å². The largest absolute Gasteiger partial charge is 0.480 e. The van der Waals surface area contributed by atoms with Gasteiger partial charge in [0.05, 0.1) is 29.5 Å². The Kier molecular flexibility index (Phi) is 5.41. The van der Waals surface area contributed by atoms with Crippen LogP contribution >= 0.6 is 11.6 Å². The maximum atomic E-state index is 12.5. The molecule has 20 heavy (non-hydrogen) atoms. The van der Waals surface area contributed by atoms with Gasteiger partial charge in [-0.3, -0.25) is 14.4 Å². The summed E-state index contributed by atoms with van der Waals surface area (Å²) in [5, 5.41) is 13.1. The van der Waals surface area contributed by atoms with Crippen LogP contribution in [-0.2, 0) is 17.9 Å². The zero-order chi connectivity index (χ0) is 15.5. The normalized spacial score (nSPS) is 12.2. The summed E-state index contributed by atoms with van der Waals surface area (Å²) in [6.45, 7) is 1.60. The molecule has 0 aliphatic carbocycles. The Bertz CT molecular complexity index is 488. The molecule has 1 aromatic rings. The van der Waals surface area contributed by atoms with E-state index in [1.54, 1.807) is 13.8 Å². The number of aliphatic carboxylic acids is 1. The Morgan fingerprint density at radius 3 is 2.55 bits per heavy atom. The van der Waals surface area contributed by atoms with Crippen molar-refractivity contribution < 1.29 is 23.1 Å². The fraction of sp³-hybridized carbons (Fsp3) is 0.636. The Morgan fingerprint density at radius 1 is 1.50 bits per heavy atom. The number of halogens is 4. The molecular weight excluding hydrogens is 299 g/mol. The van der Waals surface area contributed by atoms with Crippen molar-refractivity contribution >= 4 is 17.6 Å². The molecule has 1 N–H and O–H groups in total. The van der Waals surface area contributed by atoms with E-state index in [1.807, 2.05) is 0 Å². The van der Waals surface area contributed by atoms with Gasteiger partial charge in [-0.05, 0) is 13.8 Å². The second-order valence-electron chi connectivity index (χ2n) is 4.32. The summed E-state index contributed by atoms with van der Waals surface area (Å²) in [7, 11) is 0. The van der Waals surface area contributed by atoms with Gasteiger partial charge in [-0.25, -0.2) is 0 Å². The van der Waals surface area contributed by atoms with Crippen molar-refractivity contribution in [2.45, 2.75) is 33.1 Å². The highest BCUT2D eigenvalue weighted by Gasteiger charge is 2.32. The molecule has 1 heterocycles. The second-order valence-corrected chi connectivity index (χ2v) is 4.69. The molecule has 0 aliphatic rings. The maximum Gasteiger partial charge on any atom is 0.401 e. The summed E-state index contributed by atoms with van der Waals surface area (Å²) in [6.07, 6.45) is -4.48. The first-order valence-electron chi connectivity index (χ1n) is 5.86. The van der Waals surface area contributed by atoms with Gasteiger partial charge in [-0.2, -0.15) is 18.3 Å². The Morgan fingerprint density at radius 2 is 2.10 bits per heavy atom. The zero-order valence-corrected chi connectivity index (χ0v) is 11.8. The van der Waals surface area contributed by atoms with Crippen molar-refractivity contribution in [3.63, 3.8) is 0 Å². The van der Waals surface area contributed by atoms with E-state index in [9.17, 15) is 18.0 Å². The summed E-state index contributed by atoms with van der Waals surface area (Å²) >= 11 is 6.01. The van der Waals surface area contributed by atoms with E-state index in [4.69, 9.17) is 16.7 Å². The lowest BCUT2D eigenvalue weighted by atomic mass is 10.3. The minimum absolute atomic E-state index is 0.223. The van der Waals surface area contributed by atoms with Crippen LogP contribution in [0, 0.1) is 6.92 Å². The van der Waals surface area contributed by atoms with Gasteiger partial charge >= 0.3 is 12.1 Å². The van der Waals surface area contributed by atoms with Crippen LogP contribution in [-0.4, -0.2) is 45.0 Å². The number of carboxylic acids is 1. The summed E-state index contributed by atoms with van der Waals surface area (Å²) in [5.74, 6) is -1.33. The topological polar surface area (TPSA) is 58.4 Å². The molecule has 0 saturated carbocycles. The van der Waals surface area contributed by atoms with E-state index < -0.39 is 25.2 Å². The van der Waals surface area contributed by atoms with Crippen molar-refractivity contribution in [1.29, 1.82) is 0 Å². The average molecular weight is 314 g/mol. The number of hydrogen-bond acceptors (Lipinski definition) is 3. The third-order valence-corrected chi connectivity index (χ3v) is 3.08. The van der Waals surface area contributed by atoms with Gasteiger partial charge in [0.1, 0.15) is 0 Å². The van der Waals surface area contributed by atoms with Gasteiger partial charge in [-0.1, -0.05) is 11.6 Å². The highest BCUT2D eigenvalue weighted by molar-refractivity contribution is 6.31. The maximum absolute atomic E-state index is 12.5. The molecule has 1 aromatic heterocycles. The fourth-order valence-electron chi connectivity index (χ4n) is 1.84. The standard InChI is InChI=1S/C11H15ClF3N3O2/c1-3-18-8(10(12)7(2)16-18)4-17(5-9(19)20)6-11(13,14)15/h3-6H2,1-2H3,(H,19,20). The van der Waals surface area contributed by atoms with Crippen LogP contribution in [0.25, 0.3) is 0 Å². The molecule has 1 rings (SSSR count). The highest BCUT2D eigenvalue weighted by atomic mass is 35.5. The van der Waals surface area contributed by atoms with Crippen molar-refractivity contribution in [1.82, 2.24) is 14.7 Å². The van der Waals surface area contributed by atoms with E-state index in [0.717, 1.165) is 4.90 Å². The number of aromatic nitrogens is 2. The first-order chi connectivity index (χ1) is 9.14. The quantitative estimate of drug-likeness (QED) is 0.875. The monoisotopic (exact) mass is 313 g/mol. The van der Waals surface area contributed by atoms with Crippen molar-refractivity contribution in [3.8, 4) is 0 Å². The van der Waals surface area contributed by atoms with E-state index in [1.165, 1.54) is 4.68 Å². The van der Waals surface area contributed by atoms with Crippen molar-refractivity contribution in [3.05, 3.63) is 16.4 Å². The number of aryl methyl sites for hydroxylation is 2. The van der Waals surface area contributed by atoms with Gasteiger partial charge in [0.15, 0.2) is 0 Å². The molecule has 0 radical (unpaired) electrons. The molecule has 114 valence electrons. The molecular formula is C11H15ClF3N3O2. The third kappa shape index (κ3) is 4.68. The fourth-order valence-corrected chi connectivity index (χ4v) is 2.04. The Hall–Kier alpha value is -1.28. The number of hydrogen-bond donors (Lipinski definition) is 1. The molecule has 0 fully saturated rings. The minimum Gasteiger partial charge on any atom is -0.480 e. The highest BCUT2D eigenvalue weighted by Crippen LogP contribution is 2.24. The molecule has 0 aliphatic heterocycles. The number of nitrogens with zero attached hydrogens (tertiary/aromatic N) is 3. The van der Waals surface area contributed by atoms with Gasteiger partial charge in [-0.15, -0.1) is 0 Å². The molecule has 9 heteroatoms. The van der Waals surface area contributed by atoms with Crippen LogP contribution in [0.2, 0.25) is 5.02 Å². The molecule has 0 bridgehead atoms. The van der Waals surface area contributed by atoms with Gasteiger partial charge in [0.25, 0.3) is 0 Å². The van der Waals surface area contributed by atoms with E-state index in [0.29, 0.717) is 17.9 Å². The second kappa shape index (κ2) is 6.45. The summed E-state index contributed by atoms with van der Waals surface area (Å²) in [6, 6.07) is 0. The lowest BCUT2D eigenvalue weighted by Crippen LogP contribution is -2.38.